The van der Waals surface area contributed by atoms with Gasteiger partial charge in [0.25, 0.3) is 0 Å². The van der Waals surface area contributed by atoms with E-state index in [4.69, 9.17) is 4.74 Å². The predicted molar refractivity (Wildman–Crippen MR) is 126 cm³/mol. The highest BCUT2D eigenvalue weighted by atomic mass is 32.2. The van der Waals surface area contributed by atoms with Gasteiger partial charge in [-0.25, -0.2) is 0 Å². The molecule has 1 unspecified atom stereocenters. The predicted octanol–water partition coefficient (Wildman–Crippen LogP) is 5.43. The molecule has 164 valence electrons. The van der Waals surface area contributed by atoms with Crippen LogP contribution in [0.4, 0.5) is 5.69 Å². The molecule has 0 spiro atoms. The molecule has 0 saturated heterocycles. The summed E-state index contributed by atoms with van der Waals surface area (Å²) >= 11 is 1.36. The van der Waals surface area contributed by atoms with Gasteiger partial charge in [-0.1, -0.05) is 49.9 Å². The van der Waals surface area contributed by atoms with Crippen molar-refractivity contribution in [3.63, 3.8) is 0 Å². The molecule has 1 N–H and O–H groups in total. The molecule has 0 saturated carbocycles. The van der Waals surface area contributed by atoms with E-state index in [1.807, 2.05) is 62.7 Å². The van der Waals surface area contributed by atoms with Crippen molar-refractivity contribution in [2.24, 2.45) is 7.05 Å². The molecule has 7 heteroatoms. The van der Waals surface area contributed by atoms with Crippen molar-refractivity contribution >= 4 is 23.4 Å². The maximum atomic E-state index is 12.4. The van der Waals surface area contributed by atoms with Crippen LogP contribution in [0.1, 0.15) is 55.3 Å². The molecule has 1 amide bonds. The molecule has 3 aromatic rings. The van der Waals surface area contributed by atoms with E-state index >= 15 is 0 Å². The van der Waals surface area contributed by atoms with Gasteiger partial charge in [0, 0.05) is 12.7 Å². The molecule has 31 heavy (non-hydrogen) atoms. The van der Waals surface area contributed by atoms with Crippen molar-refractivity contribution in [2.75, 3.05) is 11.1 Å². The summed E-state index contributed by atoms with van der Waals surface area (Å²) in [6, 6.07) is 14.0. The van der Waals surface area contributed by atoms with Gasteiger partial charge in [0.1, 0.15) is 5.75 Å². The highest BCUT2D eigenvalue weighted by molar-refractivity contribution is 7.99. The lowest BCUT2D eigenvalue weighted by Crippen LogP contribution is -2.15. The number of hydrogen-bond acceptors (Lipinski definition) is 5. The highest BCUT2D eigenvalue weighted by Crippen LogP contribution is 2.25. The number of rotatable bonds is 8. The average Bonchev–Trinajstić information content (AvgIpc) is 3.11. The number of amides is 1. The first-order valence-electron chi connectivity index (χ1n) is 10.4. The van der Waals surface area contributed by atoms with Gasteiger partial charge >= 0.3 is 0 Å². The minimum Gasteiger partial charge on any atom is -0.483 e. The third-order valence-electron chi connectivity index (χ3n) is 5.30. The summed E-state index contributed by atoms with van der Waals surface area (Å²) in [6.45, 7) is 10.3. The Labute approximate surface area is 188 Å². The number of carbonyl (C=O) groups is 1. The van der Waals surface area contributed by atoms with E-state index in [2.05, 4.69) is 41.5 Å². The molecule has 1 atom stereocenters. The number of thioether (sulfide) groups is 1. The molecule has 2 aromatic carbocycles. The van der Waals surface area contributed by atoms with Crippen molar-refractivity contribution in [3.8, 4) is 5.75 Å². The van der Waals surface area contributed by atoms with Crippen LogP contribution >= 0.6 is 11.8 Å². The third kappa shape index (κ3) is 5.67. The van der Waals surface area contributed by atoms with Gasteiger partial charge in [0.2, 0.25) is 5.91 Å². The zero-order valence-electron chi connectivity index (χ0n) is 19.0. The molecule has 0 radical (unpaired) electrons. The normalized spacial score (nSPS) is 12.1. The molecule has 1 aromatic heterocycles. The Morgan fingerprint density at radius 1 is 1.10 bits per heavy atom. The van der Waals surface area contributed by atoms with Crippen LogP contribution in [0, 0.1) is 13.8 Å². The second-order valence-electron chi connectivity index (χ2n) is 7.97. The number of aryl methyl sites for hydroxylation is 1. The molecular weight excluding hydrogens is 408 g/mol. The van der Waals surface area contributed by atoms with Crippen LogP contribution < -0.4 is 10.1 Å². The quantitative estimate of drug-likeness (QED) is 0.475. The van der Waals surface area contributed by atoms with Gasteiger partial charge in [0.05, 0.1) is 5.75 Å². The number of nitrogens with one attached hydrogen (secondary N) is 1. The highest BCUT2D eigenvalue weighted by Gasteiger charge is 2.18. The van der Waals surface area contributed by atoms with Gasteiger partial charge in [-0.15, -0.1) is 10.2 Å². The van der Waals surface area contributed by atoms with Crippen LogP contribution in [0.15, 0.2) is 47.6 Å². The van der Waals surface area contributed by atoms with Gasteiger partial charge in [-0.3, -0.25) is 4.79 Å². The minimum atomic E-state index is -0.263. The molecule has 0 aliphatic carbocycles. The third-order valence-corrected chi connectivity index (χ3v) is 6.32. The molecule has 0 fully saturated rings. The van der Waals surface area contributed by atoms with E-state index in [1.165, 1.54) is 17.3 Å². The topological polar surface area (TPSA) is 69.0 Å². The van der Waals surface area contributed by atoms with Crippen molar-refractivity contribution in [1.82, 2.24) is 14.8 Å². The molecule has 0 aliphatic rings. The maximum Gasteiger partial charge on any atom is 0.234 e. The fourth-order valence-corrected chi connectivity index (χ4v) is 3.91. The first-order chi connectivity index (χ1) is 14.8. The number of nitrogens with zero attached hydrogens (tertiary/aromatic N) is 3. The van der Waals surface area contributed by atoms with Gasteiger partial charge in [0.15, 0.2) is 17.1 Å². The number of benzene rings is 2. The van der Waals surface area contributed by atoms with Crippen molar-refractivity contribution in [2.45, 2.75) is 51.8 Å². The fraction of sp³-hybridized carbons (Fsp3) is 0.375. The lowest BCUT2D eigenvalue weighted by Gasteiger charge is -2.15. The van der Waals surface area contributed by atoms with Crippen molar-refractivity contribution in [3.05, 3.63) is 65.0 Å². The lowest BCUT2D eigenvalue weighted by atomic mass is 10.0. The van der Waals surface area contributed by atoms with Crippen LogP contribution in [-0.2, 0) is 11.8 Å². The first kappa shape index (κ1) is 22.9. The van der Waals surface area contributed by atoms with Crippen LogP contribution in [-0.4, -0.2) is 26.4 Å². The van der Waals surface area contributed by atoms with E-state index in [1.54, 1.807) is 0 Å². The number of aromatic nitrogens is 3. The van der Waals surface area contributed by atoms with E-state index in [-0.39, 0.29) is 17.8 Å². The summed E-state index contributed by atoms with van der Waals surface area (Å²) in [5.74, 6) is 2.17. The Bertz CT molecular complexity index is 1040. The largest absolute Gasteiger partial charge is 0.483 e. The monoisotopic (exact) mass is 438 g/mol. The second kappa shape index (κ2) is 10.0. The molecular formula is C24H30N4O2S. The lowest BCUT2D eigenvalue weighted by molar-refractivity contribution is -0.113. The average molecular weight is 439 g/mol. The number of anilines is 1. The van der Waals surface area contributed by atoms with Gasteiger partial charge in [-0.05, 0) is 61.6 Å². The standard InChI is InChI=1S/C24H30N4O2S/c1-15(2)19-10-12-20(13-11-19)30-18(5)23-26-27-24(28(23)6)31-14-22(29)25-21-9-7-8-16(3)17(21)4/h7-13,15,18H,14H2,1-6H3,(H,25,29). The van der Waals surface area contributed by atoms with Crippen LogP contribution in [0.2, 0.25) is 0 Å². The Morgan fingerprint density at radius 3 is 2.48 bits per heavy atom. The van der Waals surface area contributed by atoms with E-state index in [9.17, 15) is 4.79 Å². The molecule has 0 bridgehead atoms. The zero-order valence-corrected chi connectivity index (χ0v) is 19.8. The Morgan fingerprint density at radius 2 is 1.81 bits per heavy atom. The van der Waals surface area contributed by atoms with Gasteiger partial charge < -0.3 is 14.6 Å². The zero-order chi connectivity index (χ0) is 22.5. The first-order valence-corrected chi connectivity index (χ1v) is 11.4. The molecule has 6 nitrogen and oxygen atoms in total. The number of hydrogen-bond donors (Lipinski definition) is 1. The summed E-state index contributed by atoms with van der Waals surface area (Å²) < 4.78 is 7.92. The van der Waals surface area contributed by atoms with E-state index < -0.39 is 0 Å². The van der Waals surface area contributed by atoms with Crippen LogP contribution in [0.25, 0.3) is 0 Å². The minimum absolute atomic E-state index is 0.0715. The fourth-order valence-electron chi connectivity index (χ4n) is 3.20. The SMILES string of the molecule is Cc1cccc(NC(=O)CSc2nnc(C(C)Oc3ccc(C(C)C)cc3)n2C)c1C. The summed E-state index contributed by atoms with van der Waals surface area (Å²) in [7, 11) is 1.89. The van der Waals surface area contributed by atoms with Crippen molar-refractivity contribution in [1.29, 1.82) is 0 Å². The van der Waals surface area contributed by atoms with Crippen molar-refractivity contribution < 1.29 is 9.53 Å². The number of carbonyl (C=O) groups excluding carboxylic acids is 1. The van der Waals surface area contributed by atoms with E-state index in [0.29, 0.717) is 16.9 Å². The molecule has 0 aliphatic heterocycles. The number of ether oxygens (including phenoxy) is 1. The molecule has 1 heterocycles. The van der Waals surface area contributed by atoms with E-state index in [0.717, 1.165) is 22.6 Å². The summed E-state index contributed by atoms with van der Waals surface area (Å²) in [5.41, 5.74) is 4.34. The molecule has 3 rings (SSSR count). The summed E-state index contributed by atoms with van der Waals surface area (Å²) in [4.78, 5) is 12.4. The Kier molecular flexibility index (Phi) is 7.38. The smallest absolute Gasteiger partial charge is 0.234 e. The van der Waals surface area contributed by atoms with Crippen LogP contribution in [0.3, 0.4) is 0 Å². The maximum absolute atomic E-state index is 12.4. The van der Waals surface area contributed by atoms with Gasteiger partial charge in [-0.2, -0.15) is 0 Å². The Balaban J connectivity index is 1.59. The second-order valence-corrected chi connectivity index (χ2v) is 8.91. The van der Waals surface area contributed by atoms with Crippen LogP contribution in [0.5, 0.6) is 5.75 Å². The summed E-state index contributed by atoms with van der Waals surface area (Å²) in [6.07, 6.45) is -0.263. The summed E-state index contributed by atoms with van der Waals surface area (Å²) in [5, 5.41) is 12.2. The Hall–Kier alpha value is -2.80.